The first-order valence-corrected chi connectivity index (χ1v) is 6.12. The number of hydrogen-bond acceptors (Lipinski definition) is 4. The van der Waals surface area contributed by atoms with Gasteiger partial charge in [0.05, 0.1) is 5.69 Å². The molecule has 0 radical (unpaired) electrons. The summed E-state index contributed by atoms with van der Waals surface area (Å²) in [7, 11) is 0. The number of benzene rings is 1. The van der Waals surface area contributed by atoms with E-state index in [2.05, 4.69) is 31.2 Å². The molecule has 0 amide bonds. The molecule has 0 saturated heterocycles. The predicted octanol–water partition coefficient (Wildman–Crippen LogP) is 2.76. The molecule has 2 aromatic rings. The molecule has 0 atom stereocenters. The smallest absolute Gasteiger partial charge is 0.227 e. The normalized spacial score (nSPS) is 10.1. The van der Waals surface area contributed by atoms with Gasteiger partial charge in [-0.3, -0.25) is 0 Å². The Hall–Kier alpha value is -1.60. The quantitative estimate of drug-likeness (QED) is 0.849. The van der Waals surface area contributed by atoms with Crippen molar-refractivity contribution in [2.24, 2.45) is 5.73 Å². The Labute approximate surface area is 117 Å². The Morgan fingerprint density at radius 3 is 2.83 bits per heavy atom. The van der Waals surface area contributed by atoms with Crippen LogP contribution in [0.4, 0.5) is 16.0 Å². The molecule has 18 heavy (non-hydrogen) atoms. The molecule has 0 unspecified atom stereocenters. The van der Waals surface area contributed by atoms with Gasteiger partial charge in [0.1, 0.15) is 16.5 Å². The van der Waals surface area contributed by atoms with Gasteiger partial charge in [-0.15, -0.1) is 0 Å². The van der Waals surface area contributed by atoms with E-state index in [4.69, 9.17) is 18.0 Å². The topological polar surface area (TPSA) is 63.8 Å². The van der Waals surface area contributed by atoms with Crippen LogP contribution < -0.4 is 11.1 Å². The lowest BCUT2D eigenvalue weighted by Crippen LogP contribution is -2.13. The maximum Gasteiger partial charge on any atom is 0.227 e. The molecule has 4 nitrogen and oxygen atoms in total. The molecule has 0 aliphatic heterocycles. The maximum absolute atomic E-state index is 13.6. The second-order valence-corrected chi connectivity index (χ2v) is 4.65. The molecule has 3 N–H and O–H groups in total. The van der Waals surface area contributed by atoms with Crippen LogP contribution in [0.15, 0.2) is 34.9 Å². The second kappa shape index (κ2) is 5.36. The number of nitrogens with two attached hydrogens (primary N) is 1. The van der Waals surface area contributed by atoms with Crippen LogP contribution in [0.1, 0.15) is 5.69 Å². The zero-order valence-corrected chi connectivity index (χ0v) is 11.4. The summed E-state index contributed by atoms with van der Waals surface area (Å²) in [6, 6.07) is 6.23. The lowest BCUT2D eigenvalue weighted by Gasteiger charge is -2.08. The highest BCUT2D eigenvalue weighted by atomic mass is 79.9. The van der Waals surface area contributed by atoms with Gasteiger partial charge < -0.3 is 11.1 Å². The molecular formula is C11H8BrFN4S. The van der Waals surface area contributed by atoms with Crippen molar-refractivity contribution in [1.29, 1.82) is 0 Å². The lowest BCUT2D eigenvalue weighted by atomic mass is 10.3. The first-order valence-electron chi connectivity index (χ1n) is 4.92. The summed E-state index contributed by atoms with van der Waals surface area (Å²) in [5.41, 5.74) is 6.15. The molecule has 1 heterocycles. The van der Waals surface area contributed by atoms with Crippen LogP contribution in [-0.4, -0.2) is 15.0 Å². The highest BCUT2D eigenvalue weighted by molar-refractivity contribution is 9.10. The Morgan fingerprint density at radius 1 is 1.39 bits per heavy atom. The van der Waals surface area contributed by atoms with Crippen molar-refractivity contribution in [1.82, 2.24) is 9.97 Å². The van der Waals surface area contributed by atoms with Crippen LogP contribution in [0.2, 0.25) is 0 Å². The molecule has 7 heteroatoms. The Morgan fingerprint density at radius 2 is 2.17 bits per heavy atom. The summed E-state index contributed by atoms with van der Waals surface area (Å²) in [4.78, 5) is 8.21. The third-order valence-electron chi connectivity index (χ3n) is 2.11. The van der Waals surface area contributed by atoms with Crippen molar-refractivity contribution in [3.8, 4) is 0 Å². The molecule has 1 aromatic carbocycles. The van der Waals surface area contributed by atoms with Gasteiger partial charge in [0, 0.05) is 10.7 Å². The molecule has 0 fully saturated rings. The molecule has 0 saturated carbocycles. The number of rotatable bonds is 3. The summed E-state index contributed by atoms with van der Waals surface area (Å²) in [5, 5.41) is 2.78. The van der Waals surface area contributed by atoms with E-state index in [-0.39, 0.29) is 16.6 Å². The van der Waals surface area contributed by atoms with Gasteiger partial charge in [-0.05, 0) is 34.1 Å². The van der Waals surface area contributed by atoms with E-state index in [0.29, 0.717) is 10.2 Å². The van der Waals surface area contributed by atoms with Gasteiger partial charge in [-0.25, -0.2) is 14.4 Å². The molecule has 0 bridgehead atoms. The molecule has 0 aliphatic carbocycles. The van der Waals surface area contributed by atoms with E-state index >= 15 is 0 Å². The number of nitrogens with one attached hydrogen (secondary N) is 1. The third-order valence-corrected chi connectivity index (χ3v) is 2.98. The lowest BCUT2D eigenvalue weighted by molar-refractivity contribution is 0.631. The van der Waals surface area contributed by atoms with Crippen molar-refractivity contribution in [2.75, 3.05) is 5.32 Å². The molecule has 1 aromatic heterocycles. The summed E-state index contributed by atoms with van der Waals surface area (Å²) in [6.07, 6.45) is 1.50. The minimum absolute atomic E-state index is 0.160. The van der Waals surface area contributed by atoms with Gasteiger partial charge >= 0.3 is 0 Å². The van der Waals surface area contributed by atoms with Crippen molar-refractivity contribution in [3.63, 3.8) is 0 Å². The maximum atomic E-state index is 13.6. The van der Waals surface area contributed by atoms with Crippen molar-refractivity contribution >= 4 is 44.8 Å². The summed E-state index contributed by atoms with van der Waals surface area (Å²) in [6.45, 7) is 0. The first kappa shape index (κ1) is 12.8. The molecule has 92 valence electrons. The highest BCUT2D eigenvalue weighted by Crippen LogP contribution is 2.27. The number of para-hydroxylation sites is 1. The van der Waals surface area contributed by atoms with Crippen LogP contribution in [0.5, 0.6) is 0 Å². The zero-order valence-electron chi connectivity index (χ0n) is 9.02. The van der Waals surface area contributed by atoms with Gasteiger partial charge in [-0.2, -0.15) is 0 Å². The predicted molar refractivity (Wildman–Crippen MR) is 75.3 cm³/mol. The second-order valence-electron chi connectivity index (χ2n) is 3.35. The van der Waals surface area contributed by atoms with E-state index < -0.39 is 5.82 Å². The van der Waals surface area contributed by atoms with Crippen molar-refractivity contribution < 1.29 is 4.39 Å². The van der Waals surface area contributed by atoms with Crippen molar-refractivity contribution in [3.05, 3.63) is 46.4 Å². The molecule has 0 aliphatic rings. The summed E-state index contributed by atoms with van der Waals surface area (Å²) >= 11 is 8.06. The first-order chi connectivity index (χ1) is 8.58. The van der Waals surface area contributed by atoms with E-state index in [9.17, 15) is 4.39 Å². The largest absolute Gasteiger partial charge is 0.388 e. The monoisotopic (exact) mass is 326 g/mol. The number of hydrogen-bond donors (Lipinski definition) is 2. The fourth-order valence-corrected chi connectivity index (χ4v) is 1.84. The van der Waals surface area contributed by atoms with Crippen LogP contribution in [0, 0.1) is 5.82 Å². The molecular weight excluding hydrogens is 319 g/mol. The Kier molecular flexibility index (Phi) is 3.83. The van der Waals surface area contributed by atoms with Gasteiger partial charge in [0.15, 0.2) is 0 Å². The van der Waals surface area contributed by atoms with Crippen LogP contribution in [-0.2, 0) is 0 Å². The molecule has 2 rings (SSSR count). The highest BCUT2D eigenvalue weighted by Gasteiger charge is 2.08. The summed E-state index contributed by atoms with van der Waals surface area (Å²) in [5.74, 6) is -0.181. The number of aromatic nitrogens is 2. The minimum atomic E-state index is -0.409. The van der Waals surface area contributed by atoms with E-state index in [1.54, 1.807) is 18.2 Å². The van der Waals surface area contributed by atoms with Crippen LogP contribution in [0.25, 0.3) is 0 Å². The Balaban J connectivity index is 2.34. The summed E-state index contributed by atoms with van der Waals surface area (Å²) < 4.78 is 14.2. The standard InChI is InChI=1S/C11H8BrFN4S/c12-6-2-1-3-7(13)9(6)17-11-15-5-4-8(16-11)10(14)18/h1-5H,(H2,14,18)(H,15,16,17). The fourth-order valence-electron chi connectivity index (χ4n) is 1.29. The minimum Gasteiger partial charge on any atom is -0.388 e. The van der Waals surface area contributed by atoms with Gasteiger partial charge in [0.2, 0.25) is 5.95 Å². The number of nitrogens with zero attached hydrogens (tertiary/aromatic N) is 2. The third kappa shape index (κ3) is 2.80. The van der Waals surface area contributed by atoms with E-state index in [0.717, 1.165) is 0 Å². The Bertz CT molecular complexity index is 585. The molecule has 0 spiro atoms. The average Bonchev–Trinajstić information content (AvgIpc) is 2.34. The van der Waals surface area contributed by atoms with Gasteiger partial charge in [-0.1, -0.05) is 18.3 Å². The number of halogens is 2. The van der Waals surface area contributed by atoms with E-state index in [1.165, 1.54) is 12.3 Å². The zero-order chi connectivity index (χ0) is 13.1. The van der Waals surface area contributed by atoms with Crippen molar-refractivity contribution in [2.45, 2.75) is 0 Å². The number of thiocarbonyl (C=S) groups is 1. The fraction of sp³-hybridized carbons (Fsp3) is 0. The van der Waals surface area contributed by atoms with E-state index in [1.807, 2.05) is 0 Å². The van der Waals surface area contributed by atoms with Gasteiger partial charge in [0.25, 0.3) is 0 Å². The average molecular weight is 327 g/mol. The van der Waals surface area contributed by atoms with Crippen LogP contribution in [0.3, 0.4) is 0 Å². The SMILES string of the molecule is NC(=S)c1ccnc(Nc2c(F)cccc2Br)n1. The number of anilines is 2. The van der Waals surface area contributed by atoms with Crippen LogP contribution >= 0.6 is 28.1 Å².